The minimum atomic E-state index is -0.167. The number of thiophene rings is 1. The number of amides is 1. The van der Waals surface area contributed by atoms with Crippen LogP contribution >= 0.6 is 11.3 Å². The van der Waals surface area contributed by atoms with Crippen molar-refractivity contribution in [3.63, 3.8) is 0 Å². The van der Waals surface area contributed by atoms with Crippen LogP contribution in [0, 0.1) is 5.92 Å². The second-order valence-corrected chi connectivity index (χ2v) is 8.74. The topological polar surface area (TPSA) is 96.6 Å². The fourth-order valence-corrected chi connectivity index (χ4v) is 4.96. The van der Waals surface area contributed by atoms with Gasteiger partial charge in [-0.1, -0.05) is 13.0 Å². The van der Waals surface area contributed by atoms with Crippen LogP contribution in [0.1, 0.15) is 26.2 Å². The van der Waals surface area contributed by atoms with Gasteiger partial charge in [-0.05, 0) is 37.0 Å². The normalized spacial score (nSPS) is 16.2. The Morgan fingerprint density at radius 1 is 1.31 bits per heavy atom. The van der Waals surface area contributed by atoms with Crippen molar-refractivity contribution in [2.24, 2.45) is 5.92 Å². The molecular formula is C23H28N4O4S. The van der Waals surface area contributed by atoms with E-state index in [0.29, 0.717) is 40.8 Å². The molecule has 170 valence electrons. The van der Waals surface area contributed by atoms with Crippen LogP contribution in [-0.2, 0) is 4.79 Å². The highest BCUT2D eigenvalue weighted by molar-refractivity contribution is 7.17. The number of hydrogen-bond donors (Lipinski definition) is 2. The van der Waals surface area contributed by atoms with Gasteiger partial charge in [-0.15, -0.1) is 11.3 Å². The Morgan fingerprint density at radius 3 is 2.88 bits per heavy atom. The Labute approximate surface area is 190 Å². The van der Waals surface area contributed by atoms with Gasteiger partial charge in [0.15, 0.2) is 11.5 Å². The third kappa shape index (κ3) is 4.29. The first-order chi connectivity index (χ1) is 15.5. The Bertz CT molecular complexity index is 1170. The smallest absolute Gasteiger partial charge is 0.270 e. The van der Waals surface area contributed by atoms with E-state index < -0.39 is 0 Å². The zero-order valence-corrected chi connectivity index (χ0v) is 19.4. The fraction of sp³-hybridized carbons (Fsp3) is 0.435. The lowest BCUT2D eigenvalue weighted by Gasteiger charge is -2.32. The number of aromatic amines is 1. The largest absolute Gasteiger partial charge is 0.493 e. The van der Waals surface area contributed by atoms with Gasteiger partial charge in [-0.3, -0.25) is 14.6 Å². The number of anilines is 1. The Hall–Kier alpha value is -3.07. The summed E-state index contributed by atoms with van der Waals surface area (Å²) >= 11 is 1.37. The van der Waals surface area contributed by atoms with Crippen LogP contribution in [0.3, 0.4) is 0 Å². The van der Waals surface area contributed by atoms with E-state index in [9.17, 15) is 9.59 Å². The predicted octanol–water partition coefficient (Wildman–Crippen LogP) is 3.41. The van der Waals surface area contributed by atoms with Crippen molar-refractivity contribution in [2.45, 2.75) is 26.2 Å². The Balaban J connectivity index is 1.68. The summed E-state index contributed by atoms with van der Waals surface area (Å²) in [5.74, 6) is 1.73. The van der Waals surface area contributed by atoms with Gasteiger partial charge in [0.05, 0.1) is 25.7 Å². The zero-order chi connectivity index (χ0) is 22.7. The average molecular weight is 457 g/mol. The van der Waals surface area contributed by atoms with Crippen LogP contribution in [0.4, 0.5) is 5.95 Å². The van der Waals surface area contributed by atoms with Gasteiger partial charge in [-0.25, -0.2) is 4.98 Å². The molecule has 4 rings (SSSR count). The van der Waals surface area contributed by atoms with Crippen LogP contribution in [-0.4, -0.2) is 49.7 Å². The molecule has 0 saturated carbocycles. The molecule has 1 fully saturated rings. The molecule has 32 heavy (non-hydrogen) atoms. The molecule has 9 heteroatoms. The maximum Gasteiger partial charge on any atom is 0.270 e. The molecule has 0 bridgehead atoms. The molecule has 3 aromatic rings. The van der Waals surface area contributed by atoms with E-state index >= 15 is 0 Å². The summed E-state index contributed by atoms with van der Waals surface area (Å²) in [4.78, 5) is 35.1. The second kappa shape index (κ2) is 9.60. The van der Waals surface area contributed by atoms with E-state index in [0.717, 1.165) is 36.9 Å². The lowest BCUT2D eigenvalue weighted by molar-refractivity contribution is -0.125. The number of piperidine rings is 1. The predicted molar refractivity (Wildman–Crippen MR) is 127 cm³/mol. The summed E-state index contributed by atoms with van der Waals surface area (Å²) in [6.07, 6.45) is 2.62. The highest BCUT2D eigenvalue weighted by atomic mass is 32.1. The number of fused-ring (bicyclic) bond motifs is 1. The number of ether oxygens (including phenoxy) is 2. The van der Waals surface area contributed by atoms with E-state index in [4.69, 9.17) is 14.5 Å². The van der Waals surface area contributed by atoms with E-state index in [1.54, 1.807) is 14.2 Å². The van der Waals surface area contributed by atoms with Gasteiger partial charge in [0.25, 0.3) is 5.56 Å². The molecule has 0 spiro atoms. The number of nitrogens with one attached hydrogen (secondary N) is 2. The maximum atomic E-state index is 12.8. The first-order valence-electron chi connectivity index (χ1n) is 10.8. The molecule has 2 aromatic heterocycles. The van der Waals surface area contributed by atoms with Gasteiger partial charge in [0, 0.05) is 30.6 Å². The summed E-state index contributed by atoms with van der Waals surface area (Å²) in [6.45, 7) is 4.01. The van der Waals surface area contributed by atoms with Crippen LogP contribution in [0.2, 0.25) is 0 Å². The van der Waals surface area contributed by atoms with Crippen LogP contribution < -0.4 is 25.2 Å². The molecule has 1 amide bonds. The molecule has 1 aliphatic rings. The molecule has 0 radical (unpaired) electrons. The minimum absolute atomic E-state index is 0.0709. The molecule has 3 heterocycles. The van der Waals surface area contributed by atoms with Crippen molar-refractivity contribution in [1.82, 2.24) is 15.3 Å². The van der Waals surface area contributed by atoms with Gasteiger partial charge in [0.2, 0.25) is 11.9 Å². The lowest BCUT2D eigenvalue weighted by Crippen LogP contribution is -2.44. The van der Waals surface area contributed by atoms with Gasteiger partial charge < -0.3 is 19.7 Å². The number of methoxy groups -OCH3 is 2. The van der Waals surface area contributed by atoms with Crippen molar-refractivity contribution in [3.8, 4) is 22.6 Å². The van der Waals surface area contributed by atoms with Crippen molar-refractivity contribution in [2.75, 3.05) is 38.8 Å². The van der Waals surface area contributed by atoms with E-state index in [1.807, 2.05) is 35.4 Å². The molecule has 1 atom stereocenters. The van der Waals surface area contributed by atoms with Crippen molar-refractivity contribution >= 4 is 33.4 Å². The second-order valence-electron chi connectivity index (χ2n) is 7.86. The summed E-state index contributed by atoms with van der Waals surface area (Å²) in [7, 11) is 3.19. The highest BCUT2D eigenvalue weighted by Crippen LogP contribution is 2.37. The molecule has 1 unspecified atom stereocenters. The molecule has 1 saturated heterocycles. The number of rotatable bonds is 7. The molecule has 0 aliphatic carbocycles. The first-order valence-corrected chi connectivity index (χ1v) is 11.7. The Morgan fingerprint density at radius 2 is 2.12 bits per heavy atom. The summed E-state index contributed by atoms with van der Waals surface area (Å²) in [5, 5.41) is 4.92. The first kappa shape index (κ1) is 22.1. The fourth-order valence-electron chi connectivity index (χ4n) is 4.05. The molecule has 8 nitrogen and oxygen atoms in total. The number of nitrogens with zero attached hydrogens (tertiary/aromatic N) is 2. The molecule has 1 aliphatic heterocycles. The average Bonchev–Trinajstić information content (AvgIpc) is 3.26. The zero-order valence-electron chi connectivity index (χ0n) is 18.6. The third-order valence-electron chi connectivity index (χ3n) is 5.75. The summed E-state index contributed by atoms with van der Waals surface area (Å²) in [6, 6.07) is 5.66. The number of aromatic nitrogens is 2. The highest BCUT2D eigenvalue weighted by Gasteiger charge is 2.27. The van der Waals surface area contributed by atoms with Crippen molar-refractivity contribution in [3.05, 3.63) is 33.9 Å². The quantitative estimate of drug-likeness (QED) is 0.566. The van der Waals surface area contributed by atoms with Crippen LogP contribution in [0.25, 0.3) is 21.3 Å². The lowest BCUT2D eigenvalue weighted by atomic mass is 9.97. The third-order valence-corrected chi connectivity index (χ3v) is 6.72. The molecule has 1 aromatic carbocycles. The van der Waals surface area contributed by atoms with Gasteiger partial charge in [-0.2, -0.15) is 0 Å². The summed E-state index contributed by atoms with van der Waals surface area (Å²) in [5.41, 5.74) is 2.25. The summed E-state index contributed by atoms with van der Waals surface area (Å²) < 4.78 is 11.3. The monoisotopic (exact) mass is 456 g/mol. The number of carbonyl (C=O) groups is 1. The van der Waals surface area contributed by atoms with Crippen molar-refractivity contribution < 1.29 is 14.3 Å². The SMILES string of the molecule is CCCNC(=O)C1CCCN(c2nc3c(-c4ccc(OC)c(OC)c4)csc3c(=O)[nH]2)C1. The number of benzene rings is 1. The standard InChI is InChI=1S/C23H28N4O4S/c1-4-9-24-21(28)15-6-5-10-27(12-15)23-25-19-16(13-32-20(19)22(29)26-23)14-7-8-17(30-2)18(11-14)31-3/h7-8,11,13,15H,4-6,9-10,12H2,1-3H3,(H,24,28)(H,25,26,29). The van der Waals surface area contributed by atoms with Crippen LogP contribution in [0.5, 0.6) is 11.5 Å². The van der Waals surface area contributed by atoms with Crippen molar-refractivity contribution in [1.29, 1.82) is 0 Å². The van der Waals surface area contributed by atoms with Gasteiger partial charge >= 0.3 is 0 Å². The van der Waals surface area contributed by atoms with E-state index in [2.05, 4.69) is 10.3 Å². The van der Waals surface area contributed by atoms with Gasteiger partial charge in [0.1, 0.15) is 4.70 Å². The Kier molecular flexibility index (Phi) is 6.64. The molecule has 2 N–H and O–H groups in total. The number of hydrogen-bond acceptors (Lipinski definition) is 7. The number of H-pyrrole nitrogens is 1. The maximum absolute atomic E-state index is 12.8. The minimum Gasteiger partial charge on any atom is -0.493 e. The van der Waals surface area contributed by atoms with E-state index in [1.165, 1.54) is 11.3 Å². The van der Waals surface area contributed by atoms with Crippen LogP contribution in [0.15, 0.2) is 28.4 Å². The number of carbonyl (C=O) groups excluding carboxylic acids is 1. The molecular weight excluding hydrogens is 428 g/mol. The van der Waals surface area contributed by atoms with E-state index in [-0.39, 0.29) is 17.4 Å².